The number of nitriles is 1. The lowest BCUT2D eigenvalue weighted by Crippen LogP contribution is -2.19. The van der Waals surface area contributed by atoms with Gasteiger partial charge in [-0.25, -0.2) is 4.57 Å². The molecule has 1 unspecified atom stereocenters. The van der Waals surface area contributed by atoms with Crippen LogP contribution in [0.1, 0.15) is 6.92 Å². The molecule has 0 bridgehead atoms. The van der Waals surface area contributed by atoms with E-state index in [0.717, 1.165) is 0 Å². The first-order valence-corrected chi connectivity index (χ1v) is 4.89. The number of phosphoric acid groups is 1. The second-order valence-corrected chi connectivity index (χ2v) is 5.06. The number of halogens is 1. The van der Waals surface area contributed by atoms with E-state index in [2.05, 4.69) is 20.5 Å². The highest BCUT2D eigenvalue weighted by Gasteiger charge is 2.25. The van der Waals surface area contributed by atoms with Crippen molar-refractivity contribution in [3.05, 3.63) is 0 Å². The summed E-state index contributed by atoms with van der Waals surface area (Å²) in [6.45, 7) is 1.09. The molecule has 0 amide bonds. The van der Waals surface area contributed by atoms with Gasteiger partial charge in [0.05, 0.1) is 12.7 Å². The van der Waals surface area contributed by atoms with Gasteiger partial charge in [0.25, 0.3) is 0 Å². The Morgan fingerprint density at radius 3 is 2.55 bits per heavy atom. The van der Waals surface area contributed by atoms with Crippen LogP contribution in [0.3, 0.4) is 0 Å². The molecule has 0 fully saturated rings. The third kappa shape index (κ3) is 6.48. The van der Waals surface area contributed by atoms with E-state index in [9.17, 15) is 4.57 Å². The third-order valence-corrected chi connectivity index (χ3v) is 1.61. The molecule has 0 aliphatic heterocycles. The van der Waals surface area contributed by atoms with Gasteiger partial charge in [-0.3, -0.25) is 4.52 Å². The number of hydrogen-bond acceptors (Lipinski definition) is 3. The van der Waals surface area contributed by atoms with Gasteiger partial charge in [-0.05, 0) is 6.92 Å². The van der Waals surface area contributed by atoms with Crippen LogP contribution in [0.4, 0.5) is 0 Å². The van der Waals surface area contributed by atoms with Crippen LogP contribution in [0.25, 0.3) is 0 Å². The molecule has 0 spiro atoms. The molecule has 0 aliphatic rings. The van der Waals surface area contributed by atoms with Gasteiger partial charge in [0.15, 0.2) is 0 Å². The van der Waals surface area contributed by atoms with Crippen molar-refractivity contribution in [2.24, 2.45) is 0 Å². The van der Waals surface area contributed by atoms with E-state index in [-0.39, 0.29) is 6.61 Å². The van der Waals surface area contributed by atoms with Gasteiger partial charge in [-0.15, -0.1) is 0 Å². The molecule has 64 valence electrons. The van der Waals surface area contributed by atoms with Crippen LogP contribution in [-0.4, -0.2) is 20.7 Å². The van der Waals surface area contributed by atoms with Crippen molar-refractivity contribution in [3.63, 3.8) is 0 Å². The zero-order valence-corrected chi connectivity index (χ0v) is 8.17. The summed E-state index contributed by atoms with van der Waals surface area (Å²) in [7, 11) is -4.46. The Labute approximate surface area is 72.3 Å². The molecule has 11 heavy (non-hydrogen) atoms. The maximum Gasteiger partial charge on any atom is 0.469 e. The van der Waals surface area contributed by atoms with E-state index in [4.69, 9.17) is 15.0 Å². The summed E-state index contributed by atoms with van der Waals surface area (Å²) in [6, 6.07) is 1.76. The zero-order valence-electron chi connectivity index (χ0n) is 5.69. The van der Waals surface area contributed by atoms with E-state index < -0.39 is 12.1 Å². The number of rotatable bonds is 3. The van der Waals surface area contributed by atoms with Gasteiger partial charge >= 0.3 is 7.82 Å². The van der Waals surface area contributed by atoms with Gasteiger partial charge in [0, 0.05) is 0 Å². The molecule has 0 heterocycles. The van der Waals surface area contributed by atoms with Gasteiger partial charge in [-0.2, -0.15) is 5.26 Å². The van der Waals surface area contributed by atoms with Crippen LogP contribution in [-0.2, 0) is 9.09 Å². The van der Waals surface area contributed by atoms with E-state index >= 15 is 0 Å². The molecule has 0 radical (unpaired) electrons. The number of hydrogen-bond donors (Lipinski definition) is 2. The third-order valence-electron chi connectivity index (χ3n) is 0.737. The molecule has 0 aromatic carbocycles. The van der Waals surface area contributed by atoms with Crippen molar-refractivity contribution in [2.45, 2.75) is 11.2 Å². The molecule has 0 aliphatic carbocycles. The standard InChI is InChI=1S/C4H7BrNO4P/c1-4(5,2-6)3-10-11(7,8)9/h3H2,1H3,(H2,7,8,9). The molecule has 0 aromatic heterocycles. The Hall–Kier alpha value is 0.0800. The highest BCUT2D eigenvalue weighted by Crippen LogP contribution is 2.37. The molecule has 7 heteroatoms. The first kappa shape index (κ1) is 11.1. The van der Waals surface area contributed by atoms with Crippen molar-refractivity contribution in [1.82, 2.24) is 0 Å². The minimum atomic E-state index is -4.46. The number of nitrogens with zero attached hydrogens (tertiary/aromatic N) is 1. The van der Waals surface area contributed by atoms with Crippen molar-refractivity contribution in [1.29, 1.82) is 5.26 Å². The molecular weight excluding hydrogens is 237 g/mol. The first-order valence-electron chi connectivity index (χ1n) is 2.57. The molecule has 1 atom stereocenters. The fourth-order valence-corrected chi connectivity index (χ4v) is 0.955. The van der Waals surface area contributed by atoms with Crippen LogP contribution in [0.15, 0.2) is 0 Å². The smallest absolute Gasteiger partial charge is 0.303 e. The normalized spacial score (nSPS) is 17.0. The predicted octanol–water partition coefficient (Wildman–Crippen LogP) is 0.773. The van der Waals surface area contributed by atoms with E-state index in [1.165, 1.54) is 6.92 Å². The van der Waals surface area contributed by atoms with Crippen LogP contribution < -0.4 is 0 Å². The minimum absolute atomic E-state index is 0.353. The first-order chi connectivity index (χ1) is 4.77. The topological polar surface area (TPSA) is 90.5 Å². The maximum absolute atomic E-state index is 10.1. The fourth-order valence-electron chi connectivity index (χ4n) is 0.238. The highest BCUT2D eigenvalue weighted by molar-refractivity contribution is 9.10. The molecule has 0 rings (SSSR count). The number of alkyl halides is 1. The molecular formula is C4H7BrNO4P. The van der Waals surface area contributed by atoms with Crippen LogP contribution in [0, 0.1) is 11.3 Å². The fraction of sp³-hybridized carbons (Fsp3) is 0.750. The Kier molecular flexibility index (Phi) is 3.68. The average molecular weight is 244 g/mol. The van der Waals surface area contributed by atoms with Crippen molar-refractivity contribution >= 4 is 23.8 Å². The maximum atomic E-state index is 10.1. The average Bonchev–Trinajstić information content (AvgIpc) is 1.83. The van der Waals surface area contributed by atoms with E-state index in [0.29, 0.717) is 0 Å². The van der Waals surface area contributed by atoms with Gasteiger partial charge in [-0.1, -0.05) is 15.9 Å². The Morgan fingerprint density at radius 2 is 2.27 bits per heavy atom. The summed E-state index contributed by atoms with van der Waals surface area (Å²) < 4.78 is 13.2. The second kappa shape index (κ2) is 3.65. The van der Waals surface area contributed by atoms with Gasteiger partial charge in [0.1, 0.15) is 4.32 Å². The van der Waals surface area contributed by atoms with Crippen LogP contribution in [0.5, 0.6) is 0 Å². The summed E-state index contributed by atoms with van der Waals surface area (Å²) >= 11 is 2.90. The SMILES string of the molecule is CC(Br)(C#N)COP(=O)(O)O. The predicted molar refractivity (Wildman–Crippen MR) is 40.9 cm³/mol. The Bertz CT molecular complexity index is 217. The molecule has 5 nitrogen and oxygen atoms in total. The molecule has 2 N–H and O–H groups in total. The van der Waals surface area contributed by atoms with Crippen molar-refractivity contribution < 1.29 is 18.9 Å². The summed E-state index contributed by atoms with van der Waals surface area (Å²) in [4.78, 5) is 16.5. The zero-order chi connectivity index (χ0) is 9.12. The van der Waals surface area contributed by atoms with Gasteiger partial charge < -0.3 is 9.79 Å². The van der Waals surface area contributed by atoms with E-state index in [1.54, 1.807) is 6.07 Å². The van der Waals surface area contributed by atoms with Crippen molar-refractivity contribution in [3.8, 4) is 6.07 Å². The van der Waals surface area contributed by atoms with Gasteiger partial charge in [0.2, 0.25) is 0 Å². The summed E-state index contributed by atoms with van der Waals surface area (Å²) in [6.07, 6.45) is 0. The molecule has 0 saturated carbocycles. The van der Waals surface area contributed by atoms with Crippen LogP contribution >= 0.6 is 23.8 Å². The number of phosphoric ester groups is 1. The Balaban J connectivity index is 3.93. The van der Waals surface area contributed by atoms with E-state index in [1.807, 2.05) is 0 Å². The molecule has 0 saturated heterocycles. The molecule has 0 aromatic rings. The Morgan fingerprint density at radius 1 is 1.82 bits per heavy atom. The second-order valence-electron chi connectivity index (χ2n) is 2.07. The summed E-state index contributed by atoms with van der Waals surface area (Å²) in [5.74, 6) is 0. The summed E-state index contributed by atoms with van der Waals surface area (Å²) in [5, 5.41) is 8.36. The lowest BCUT2D eigenvalue weighted by atomic mass is 10.2. The van der Waals surface area contributed by atoms with Crippen molar-refractivity contribution in [2.75, 3.05) is 6.61 Å². The quantitative estimate of drug-likeness (QED) is 0.565. The largest absolute Gasteiger partial charge is 0.469 e. The lowest BCUT2D eigenvalue weighted by Gasteiger charge is -2.12. The monoisotopic (exact) mass is 243 g/mol. The minimum Gasteiger partial charge on any atom is -0.303 e. The summed E-state index contributed by atoms with van der Waals surface area (Å²) in [5.41, 5.74) is 0. The lowest BCUT2D eigenvalue weighted by molar-refractivity contribution is 0.192. The highest BCUT2D eigenvalue weighted by atomic mass is 79.9. The van der Waals surface area contributed by atoms with Crippen LogP contribution in [0.2, 0.25) is 0 Å².